The highest BCUT2D eigenvalue weighted by atomic mass is 35.5. The molecule has 0 aromatic heterocycles. The fraction of sp³-hybridized carbons (Fsp3) is 0.0909. The van der Waals surface area contributed by atoms with E-state index < -0.39 is 12.6 Å². The maximum atomic E-state index is 10.3. The molecule has 1 aromatic carbocycles. The van der Waals surface area contributed by atoms with Crippen LogP contribution >= 0.6 is 11.6 Å². The first kappa shape index (κ1) is 11.9. The van der Waals surface area contributed by atoms with Gasteiger partial charge in [0.25, 0.3) is 0 Å². The summed E-state index contributed by atoms with van der Waals surface area (Å²) >= 11 is 5.73. The summed E-state index contributed by atoms with van der Waals surface area (Å²) in [5, 5.41) is 17.2. The molecule has 4 nitrogen and oxygen atoms in total. The van der Waals surface area contributed by atoms with Gasteiger partial charge in [-0.2, -0.15) is 5.26 Å². The summed E-state index contributed by atoms with van der Waals surface area (Å²) in [6.45, 7) is -0.485. The van der Waals surface area contributed by atoms with E-state index in [2.05, 4.69) is 11.8 Å². The molecule has 0 saturated carbocycles. The number of hydrogen-bond acceptors (Lipinski definition) is 3. The van der Waals surface area contributed by atoms with Gasteiger partial charge in [-0.05, 0) is 18.1 Å². The van der Waals surface area contributed by atoms with Crippen molar-refractivity contribution in [3.63, 3.8) is 0 Å². The zero-order chi connectivity index (χ0) is 12.0. The topological polar surface area (TPSA) is 70.3 Å². The van der Waals surface area contributed by atoms with Gasteiger partial charge in [-0.15, -0.1) is 0 Å². The van der Waals surface area contributed by atoms with Crippen molar-refractivity contribution in [1.29, 1.82) is 5.26 Å². The van der Waals surface area contributed by atoms with Crippen LogP contribution in [0.1, 0.15) is 5.56 Å². The van der Waals surface area contributed by atoms with E-state index in [-0.39, 0.29) is 5.75 Å². The molecule has 0 bridgehead atoms. The van der Waals surface area contributed by atoms with Crippen LogP contribution in [0.2, 0.25) is 5.02 Å². The van der Waals surface area contributed by atoms with Gasteiger partial charge in [0.15, 0.2) is 12.7 Å². The molecular weight excluding hydrogens is 230 g/mol. The molecular formula is C11H6ClNO3. The predicted molar refractivity (Wildman–Crippen MR) is 57.1 cm³/mol. The van der Waals surface area contributed by atoms with Gasteiger partial charge in [0.2, 0.25) is 0 Å². The molecule has 0 fully saturated rings. The third kappa shape index (κ3) is 3.53. The third-order valence-corrected chi connectivity index (χ3v) is 1.78. The lowest BCUT2D eigenvalue weighted by Gasteiger charge is -2.05. The van der Waals surface area contributed by atoms with Crippen LogP contribution in [0.15, 0.2) is 18.2 Å². The smallest absolute Gasteiger partial charge is 0.341 e. The first-order valence-corrected chi connectivity index (χ1v) is 4.55. The fourth-order valence-electron chi connectivity index (χ4n) is 0.954. The highest BCUT2D eigenvalue weighted by Crippen LogP contribution is 2.22. The summed E-state index contributed by atoms with van der Waals surface area (Å²) in [5.41, 5.74) is 0.423. The molecule has 0 aliphatic carbocycles. The zero-order valence-electron chi connectivity index (χ0n) is 8.03. The van der Waals surface area contributed by atoms with Gasteiger partial charge in [0, 0.05) is 17.0 Å². The molecule has 1 aromatic rings. The number of carboxylic acids is 1. The minimum atomic E-state index is -1.10. The number of aliphatic carboxylic acids is 1. The van der Waals surface area contributed by atoms with Gasteiger partial charge in [0.05, 0.1) is 5.56 Å². The molecule has 0 atom stereocenters. The van der Waals surface area contributed by atoms with Crippen LogP contribution in [0.4, 0.5) is 0 Å². The molecule has 0 amide bonds. The van der Waals surface area contributed by atoms with Gasteiger partial charge in [0.1, 0.15) is 5.75 Å². The fourth-order valence-corrected chi connectivity index (χ4v) is 1.12. The SMILES string of the molecule is N#CC#Cc1ccc(Cl)cc1OCC(=O)O. The average Bonchev–Trinajstić information content (AvgIpc) is 2.25. The highest BCUT2D eigenvalue weighted by molar-refractivity contribution is 6.30. The number of benzene rings is 1. The summed E-state index contributed by atoms with van der Waals surface area (Å²) < 4.78 is 4.98. The Bertz CT molecular complexity index is 508. The molecule has 0 radical (unpaired) electrons. The Morgan fingerprint density at radius 1 is 1.56 bits per heavy atom. The minimum Gasteiger partial charge on any atom is -0.481 e. The maximum absolute atomic E-state index is 10.3. The lowest BCUT2D eigenvalue weighted by atomic mass is 10.2. The van der Waals surface area contributed by atoms with Crippen LogP contribution in [-0.2, 0) is 4.79 Å². The first-order chi connectivity index (χ1) is 7.63. The number of carboxylic acid groups (broad SMARTS) is 1. The second kappa shape index (κ2) is 5.65. The molecule has 0 heterocycles. The number of ether oxygens (including phenoxy) is 1. The van der Waals surface area contributed by atoms with Crippen LogP contribution in [0, 0.1) is 23.2 Å². The molecule has 0 spiro atoms. The van der Waals surface area contributed by atoms with Crippen molar-refractivity contribution < 1.29 is 14.6 Å². The van der Waals surface area contributed by atoms with Crippen LogP contribution < -0.4 is 4.74 Å². The number of carbonyl (C=O) groups is 1. The van der Waals surface area contributed by atoms with Crippen molar-refractivity contribution in [2.45, 2.75) is 0 Å². The molecule has 0 saturated heterocycles. The number of rotatable bonds is 3. The monoisotopic (exact) mass is 235 g/mol. The Hall–Kier alpha value is -2.17. The largest absolute Gasteiger partial charge is 0.481 e. The quantitative estimate of drug-likeness (QED) is 0.810. The van der Waals surface area contributed by atoms with E-state index in [0.29, 0.717) is 10.6 Å². The standard InChI is InChI=1S/C11H6ClNO3/c12-9-4-3-8(2-1-5-13)10(6-9)16-7-11(14)15/h3-4,6H,7H2,(H,14,15). The molecule has 1 rings (SSSR count). The van der Waals surface area contributed by atoms with Crippen LogP contribution in [0.25, 0.3) is 0 Å². The average molecular weight is 236 g/mol. The number of nitriles is 1. The Morgan fingerprint density at radius 3 is 2.94 bits per heavy atom. The number of nitrogens with zero attached hydrogens (tertiary/aromatic N) is 1. The number of hydrogen-bond donors (Lipinski definition) is 1. The Kier molecular flexibility index (Phi) is 4.20. The van der Waals surface area contributed by atoms with Gasteiger partial charge in [-0.3, -0.25) is 0 Å². The molecule has 1 N–H and O–H groups in total. The first-order valence-electron chi connectivity index (χ1n) is 4.17. The van der Waals surface area contributed by atoms with Gasteiger partial charge >= 0.3 is 5.97 Å². The van der Waals surface area contributed by atoms with E-state index in [1.807, 2.05) is 0 Å². The van der Waals surface area contributed by atoms with E-state index in [1.165, 1.54) is 6.07 Å². The van der Waals surface area contributed by atoms with Crippen molar-refractivity contribution in [2.75, 3.05) is 6.61 Å². The molecule has 5 heteroatoms. The summed E-state index contributed by atoms with van der Waals surface area (Å²) in [5.74, 6) is 3.87. The van der Waals surface area contributed by atoms with E-state index in [9.17, 15) is 4.79 Å². The van der Waals surface area contributed by atoms with E-state index in [1.54, 1.807) is 18.2 Å². The van der Waals surface area contributed by atoms with Crippen LogP contribution in [0.5, 0.6) is 5.75 Å². The van der Waals surface area contributed by atoms with E-state index >= 15 is 0 Å². The Balaban J connectivity index is 2.99. The molecule has 0 unspecified atom stereocenters. The van der Waals surface area contributed by atoms with E-state index in [0.717, 1.165) is 0 Å². The maximum Gasteiger partial charge on any atom is 0.341 e. The minimum absolute atomic E-state index is 0.248. The predicted octanol–water partition coefficient (Wildman–Crippen LogP) is 1.68. The molecule has 0 aliphatic rings. The lowest BCUT2D eigenvalue weighted by Crippen LogP contribution is -2.10. The second-order valence-electron chi connectivity index (χ2n) is 2.68. The van der Waals surface area contributed by atoms with Gasteiger partial charge in [-0.25, -0.2) is 4.79 Å². The molecule has 0 aliphatic heterocycles. The van der Waals surface area contributed by atoms with Gasteiger partial charge in [-0.1, -0.05) is 11.6 Å². The van der Waals surface area contributed by atoms with Crippen LogP contribution in [-0.4, -0.2) is 17.7 Å². The zero-order valence-corrected chi connectivity index (χ0v) is 8.78. The Labute approximate surface area is 97.0 Å². The number of halogens is 1. The van der Waals surface area contributed by atoms with Crippen molar-refractivity contribution >= 4 is 17.6 Å². The van der Waals surface area contributed by atoms with Crippen molar-refractivity contribution in [2.24, 2.45) is 0 Å². The second-order valence-corrected chi connectivity index (χ2v) is 3.12. The highest BCUT2D eigenvalue weighted by Gasteiger charge is 2.05. The lowest BCUT2D eigenvalue weighted by molar-refractivity contribution is -0.139. The van der Waals surface area contributed by atoms with Gasteiger partial charge < -0.3 is 9.84 Å². The Morgan fingerprint density at radius 2 is 2.31 bits per heavy atom. The summed E-state index contributed by atoms with van der Waals surface area (Å²) in [6.07, 6.45) is 0. The van der Waals surface area contributed by atoms with Crippen molar-refractivity contribution in [3.8, 4) is 23.7 Å². The van der Waals surface area contributed by atoms with E-state index in [4.69, 9.17) is 26.7 Å². The van der Waals surface area contributed by atoms with Crippen LogP contribution in [0.3, 0.4) is 0 Å². The van der Waals surface area contributed by atoms with Crippen molar-refractivity contribution in [1.82, 2.24) is 0 Å². The van der Waals surface area contributed by atoms with Crippen molar-refractivity contribution in [3.05, 3.63) is 28.8 Å². The third-order valence-electron chi connectivity index (χ3n) is 1.55. The summed E-state index contributed by atoms with van der Waals surface area (Å²) in [6, 6.07) is 6.25. The summed E-state index contributed by atoms with van der Waals surface area (Å²) in [4.78, 5) is 10.3. The summed E-state index contributed by atoms with van der Waals surface area (Å²) in [7, 11) is 0. The molecule has 80 valence electrons. The molecule has 16 heavy (non-hydrogen) atoms. The normalized spacial score (nSPS) is 8.50.